The van der Waals surface area contributed by atoms with E-state index in [4.69, 9.17) is 28.5 Å². The Labute approximate surface area is 616 Å². The molecule has 4 saturated heterocycles. The lowest BCUT2D eigenvalue weighted by atomic mass is 9.99. The molecule has 1 unspecified atom stereocenters. The highest BCUT2D eigenvalue weighted by Crippen LogP contribution is 2.22. The van der Waals surface area contributed by atoms with Gasteiger partial charge in [-0.25, -0.2) is 0 Å². The average Bonchev–Trinajstić information content (AvgIpc) is 1.63. The van der Waals surface area contributed by atoms with Gasteiger partial charge in [-0.05, 0) is 95.7 Å². The number of halogens is 1. The Kier molecular flexibility index (Phi) is 29.3. The normalized spacial score (nSPS) is 21.9. The fourth-order valence-corrected chi connectivity index (χ4v) is 12.7. The standard InChI is InChI=1S/C73H91ClN18O14/c1-40(2)30-51-65(99)85-50-25-28-79-63(97)52(32-42-12-5-4-6-13-42)83-61(95)37-57(69(103)84-49(64(98)86-51)17-10-27-80-73(76)77)90-70(104)56(36-60(94)81-39-58(62(75)96)91-71(105)59-18-11-29-92(59)72(50)106)89-68(102)55(35-45-14-9-26-78-38-45)88-67(101)54(33-43-20-23-48(74)24-21-43)87-66(100)53(82-41(3)93)34-44-19-22-46-15-7-8-16-47(46)31-44/h4-9,12-16,19-24,26,31,38,40,49-59H,10-11,17-18,25,27-30,32-37,39H2,1-3H3,(H2,75,96)(H,79,97)(H,81,94)(H,82,93)(H,83,95)(H,84,103)(H,85,99)(H,86,98)(H,87,100)(H,88,101)(H,89,102)(H,90,104)(H,91,105)(H4,76,77,80)/t49-,50+,51+,52+,53-,54-,55-,56+,57+,58?,59+/m1/s1. The highest BCUT2D eigenvalue weighted by atomic mass is 35.5. The van der Waals surface area contributed by atoms with E-state index >= 15 is 19.2 Å². The maximum atomic E-state index is 15.4. The summed E-state index contributed by atoms with van der Waals surface area (Å²) in [6.45, 7) is 3.59. The number of carbonyl (C=O) groups is 14. The first-order valence-corrected chi connectivity index (χ1v) is 35.4. The first-order chi connectivity index (χ1) is 50.7. The zero-order valence-corrected chi connectivity index (χ0v) is 59.7. The van der Waals surface area contributed by atoms with Gasteiger partial charge in [0.05, 0.1) is 12.8 Å². The molecule has 0 saturated carbocycles. The molecule has 5 heterocycles. The monoisotopic (exact) mass is 1480 g/mol. The molecular weight excluding hydrogens is 1390 g/mol. The second kappa shape index (κ2) is 38.8. The molecule has 4 aromatic carbocycles. The number of hydrogen-bond donors (Lipinski definition) is 16. The molecule has 106 heavy (non-hydrogen) atoms. The topological polar surface area (TPSA) is 487 Å². The molecule has 4 fully saturated rings. The Hall–Kier alpha value is -11.6. The first-order valence-electron chi connectivity index (χ1n) is 35.0. The minimum Gasteiger partial charge on any atom is -0.370 e. The summed E-state index contributed by atoms with van der Waals surface area (Å²) in [4.78, 5) is 210. The van der Waals surface area contributed by atoms with Gasteiger partial charge in [0.25, 0.3) is 0 Å². The summed E-state index contributed by atoms with van der Waals surface area (Å²) in [6, 6.07) is 13.2. The van der Waals surface area contributed by atoms with Crippen LogP contribution in [0.15, 0.2) is 122 Å². The van der Waals surface area contributed by atoms with Crippen molar-refractivity contribution in [1.29, 1.82) is 5.41 Å². The van der Waals surface area contributed by atoms with E-state index in [1.54, 1.807) is 80.6 Å². The number of nitrogens with two attached hydrogens (primary N) is 2. The molecule has 564 valence electrons. The molecule has 5 aromatic rings. The maximum absolute atomic E-state index is 15.4. The average molecular weight is 1480 g/mol. The highest BCUT2D eigenvalue weighted by molar-refractivity contribution is 6.30. The largest absolute Gasteiger partial charge is 0.370 e. The summed E-state index contributed by atoms with van der Waals surface area (Å²) in [5, 5.41) is 43.9. The number of carbonyl (C=O) groups excluding carboxylic acids is 14. The van der Waals surface area contributed by atoms with Crippen molar-refractivity contribution in [3.63, 3.8) is 0 Å². The third-order valence-corrected chi connectivity index (χ3v) is 18.3. The van der Waals surface area contributed by atoms with Gasteiger partial charge in [-0.1, -0.05) is 116 Å². The van der Waals surface area contributed by atoms with Crippen molar-refractivity contribution in [2.24, 2.45) is 17.4 Å². The number of aromatic nitrogens is 1. The molecule has 14 amide bonds. The Morgan fingerprint density at radius 3 is 1.92 bits per heavy atom. The second-order valence-electron chi connectivity index (χ2n) is 26.8. The summed E-state index contributed by atoms with van der Waals surface area (Å²) in [7, 11) is 0. The molecule has 33 heteroatoms. The Morgan fingerprint density at radius 2 is 1.24 bits per heavy atom. The lowest BCUT2D eigenvalue weighted by molar-refractivity contribution is -0.142. The molecule has 32 nitrogen and oxygen atoms in total. The quantitative estimate of drug-likeness (QED) is 0.0158. The van der Waals surface area contributed by atoms with Crippen molar-refractivity contribution in [1.82, 2.24) is 79.0 Å². The van der Waals surface area contributed by atoms with E-state index in [2.05, 4.69) is 74.1 Å². The lowest BCUT2D eigenvalue weighted by Gasteiger charge is -2.31. The minimum absolute atomic E-state index is 0.0163. The van der Waals surface area contributed by atoms with Crippen molar-refractivity contribution in [2.45, 2.75) is 164 Å². The highest BCUT2D eigenvalue weighted by Gasteiger charge is 2.42. The number of benzene rings is 4. The van der Waals surface area contributed by atoms with Crippen LogP contribution in [0.2, 0.25) is 5.02 Å². The number of fused-ring (bicyclic) bond motifs is 24. The summed E-state index contributed by atoms with van der Waals surface area (Å²) >= 11 is 6.27. The van der Waals surface area contributed by atoms with Gasteiger partial charge in [-0.2, -0.15) is 0 Å². The summed E-state index contributed by atoms with van der Waals surface area (Å²) in [6.07, 6.45) is -0.373. The van der Waals surface area contributed by atoms with E-state index in [0.29, 0.717) is 27.3 Å². The van der Waals surface area contributed by atoms with E-state index in [-0.39, 0.29) is 89.8 Å². The molecule has 18 N–H and O–H groups in total. The smallest absolute Gasteiger partial charge is 0.245 e. The summed E-state index contributed by atoms with van der Waals surface area (Å²) in [5.74, 6) is -14.5. The van der Waals surface area contributed by atoms with E-state index in [1.165, 1.54) is 30.3 Å². The molecule has 0 aliphatic carbocycles. The molecule has 1 aromatic heterocycles. The molecule has 4 aliphatic rings. The zero-order valence-electron chi connectivity index (χ0n) is 58.9. The van der Waals surface area contributed by atoms with Crippen LogP contribution >= 0.6 is 11.6 Å². The Morgan fingerprint density at radius 1 is 0.604 bits per heavy atom. The van der Waals surface area contributed by atoms with Crippen LogP contribution in [0, 0.1) is 11.3 Å². The van der Waals surface area contributed by atoms with Gasteiger partial charge < -0.3 is 85.5 Å². The van der Waals surface area contributed by atoms with Crippen molar-refractivity contribution >= 4 is 111 Å². The van der Waals surface area contributed by atoms with Gasteiger partial charge in [0.2, 0.25) is 82.7 Å². The number of pyridine rings is 1. The Balaban J connectivity index is 1.21. The molecule has 0 spiro atoms. The van der Waals surface area contributed by atoms with Crippen LogP contribution in [-0.4, -0.2) is 191 Å². The van der Waals surface area contributed by atoms with E-state index in [1.807, 2.05) is 36.4 Å². The maximum Gasteiger partial charge on any atom is 0.245 e. The van der Waals surface area contributed by atoms with Gasteiger partial charge in [-0.3, -0.25) is 77.5 Å². The third kappa shape index (κ3) is 24.3. The second-order valence-corrected chi connectivity index (χ2v) is 27.3. The molecule has 9 rings (SSSR count). The molecule has 11 atom stereocenters. The fraction of sp³-hybridized carbons (Fsp3) is 0.425. The third-order valence-electron chi connectivity index (χ3n) is 18.0. The van der Waals surface area contributed by atoms with Crippen molar-refractivity contribution in [3.8, 4) is 0 Å². The van der Waals surface area contributed by atoms with Crippen LogP contribution in [0.1, 0.15) is 94.4 Å². The number of primary amides is 1. The molecule has 2 bridgehead atoms. The van der Waals surface area contributed by atoms with Crippen LogP contribution in [-0.2, 0) is 92.8 Å². The summed E-state index contributed by atoms with van der Waals surface area (Å²) < 4.78 is 0. The van der Waals surface area contributed by atoms with Gasteiger partial charge in [0.15, 0.2) is 5.96 Å². The van der Waals surface area contributed by atoms with Gasteiger partial charge in [0.1, 0.15) is 66.5 Å². The van der Waals surface area contributed by atoms with Crippen molar-refractivity contribution < 1.29 is 67.1 Å². The van der Waals surface area contributed by atoms with Gasteiger partial charge in [-0.15, -0.1) is 0 Å². The number of amides is 14. The lowest BCUT2D eigenvalue weighted by Crippen LogP contribution is -2.62. The number of hydrogen-bond acceptors (Lipinski definition) is 16. The zero-order chi connectivity index (χ0) is 76.6. The van der Waals surface area contributed by atoms with Gasteiger partial charge >= 0.3 is 0 Å². The number of nitrogens with zero attached hydrogens (tertiary/aromatic N) is 2. The van der Waals surface area contributed by atoms with Crippen LogP contribution in [0.4, 0.5) is 0 Å². The van der Waals surface area contributed by atoms with Crippen LogP contribution < -0.4 is 80.6 Å². The van der Waals surface area contributed by atoms with E-state index in [0.717, 1.165) is 10.8 Å². The number of nitrogens with one attached hydrogen (secondary N) is 14. The predicted molar refractivity (Wildman–Crippen MR) is 388 cm³/mol. The van der Waals surface area contributed by atoms with Crippen LogP contribution in [0.3, 0.4) is 0 Å². The minimum atomic E-state index is -2.13. The van der Waals surface area contributed by atoms with Crippen LogP contribution in [0.5, 0.6) is 0 Å². The van der Waals surface area contributed by atoms with Gasteiger partial charge in [0, 0.05) is 76.2 Å². The first kappa shape index (κ1) is 80.1. The van der Waals surface area contributed by atoms with E-state index < -0.39 is 175 Å². The molecule has 4 aliphatic heterocycles. The summed E-state index contributed by atoms with van der Waals surface area (Å²) in [5.41, 5.74) is 13.4. The fourth-order valence-electron chi connectivity index (χ4n) is 12.6. The predicted octanol–water partition coefficient (Wildman–Crippen LogP) is -1.76. The Bertz CT molecular complexity index is 4040. The van der Waals surface area contributed by atoms with Crippen molar-refractivity contribution in [2.75, 3.05) is 26.2 Å². The number of guanidine groups is 1. The SMILES string of the molecule is CC(=O)N[C@H](Cc1ccc2ccccc2c1)C(=O)N[C@H](Cc1ccc(Cl)cc1)C(=O)N[C@H](Cc1cccnc1)C(=O)N[C@H]1CC(=O)NCC(C(N)=O)NC(=O)[C@@H]2CCCN2C(=O)[C@@H]2CCNC(=O)[C@H](Cc3ccccc3)NC(=O)C[C@H](NC1=O)C(=O)N[C@H](CCCNC(=N)N)C(=O)N[C@@H](CC(C)C)C(=O)N2. The van der Waals surface area contributed by atoms with E-state index in [9.17, 15) is 47.9 Å². The molecule has 0 radical (unpaired) electrons. The number of rotatable bonds is 22. The van der Waals surface area contributed by atoms with Crippen molar-refractivity contribution in [3.05, 3.63) is 149 Å². The van der Waals surface area contributed by atoms with Crippen LogP contribution in [0.25, 0.3) is 10.8 Å². The molecular formula is C73H91ClN18O14.